The van der Waals surface area contributed by atoms with E-state index in [1.165, 1.54) is 5.57 Å². The molecule has 2 aliphatic carbocycles. The van der Waals surface area contributed by atoms with Crippen molar-refractivity contribution in [2.75, 3.05) is 0 Å². The first-order valence-electron chi connectivity index (χ1n) is 8.05. The first kappa shape index (κ1) is 15.7. The highest BCUT2D eigenvalue weighted by Crippen LogP contribution is 2.51. The number of ketones is 2. The number of carbonyl (C=O) groups excluding carboxylic acids is 2. The third-order valence-corrected chi connectivity index (χ3v) is 5.00. The summed E-state index contributed by atoms with van der Waals surface area (Å²) in [5, 5.41) is 10.4. The van der Waals surface area contributed by atoms with Crippen molar-refractivity contribution in [1.29, 1.82) is 0 Å². The number of rotatable bonds is 1. The number of benzene rings is 1. The molecule has 2 atom stereocenters. The Morgan fingerprint density at radius 1 is 1.17 bits per heavy atom. The van der Waals surface area contributed by atoms with Gasteiger partial charge in [-0.2, -0.15) is 0 Å². The van der Waals surface area contributed by atoms with Crippen LogP contribution in [0.1, 0.15) is 67.1 Å². The smallest absolute Gasteiger partial charge is 0.234 e. The molecule has 1 aromatic carbocycles. The Morgan fingerprint density at radius 2 is 1.83 bits per heavy atom. The third kappa shape index (κ3) is 2.18. The fourth-order valence-corrected chi connectivity index (χ4v) is 4.11. The van der Waals surface area contributed by atoms with Gasteiger partial charge in [0.25, 0.3) is 0 Å². The molecule has 1 aromatic rings. The van der Waals surface area contributed by atoms with Crippen molar-refractivity contribution in [2.24, 2.45) is 5.92 Å². The molecule has 3 heteroatoms. The third-order valence-electron chi connectivity index (χ3n) is 5.00. The van der Waals surface area contributed by atoms with Gasteiger partial charge in [-0.3, -0.25) is 9.59 Å². The van der Waals surface area contributed by atoms with Gasteiger partial charge in [0.15, 0.2) is 0 Å². The van der Waals surface area contributed by atoms with Gasteiger partial charge < -0.3 is 5.11 Å². The molecular weight excluding hydrogens is 288 g/mol. The van der Waals surface area contributed by atoms with Crippen LogP contribution in [0.15, 0.2) is 23.3 Å². The fraction of sp³-hybridized carbons (Fsp3) is 0.400. The number of Topliss-reactive ketones (excluding diaryl/α,β-unsaturated/α-hetero) is 2. The lowest BCUT2D eigenvalue weighted by molar-refractivity contribution is -0.111. The van der Waals surface area contributed by atoms with E-state index in [0.29, 0.717) is 16.7 Å². The number of carbonyl (C=O) groups is 2. The maximum atomic E-state index is 12.6. The van der Waals surface area contributed by atoms with Crippen LogP contribution in [0.4, 0.5) is 0 Å². The zero-order valence-corrected chi connectivity index (χ0v) is 14.3. The van der Waals surface area contributed by atoms with Crippen molar-refractivity contribution < 1.29 is 14.7 Å². The molecule has 0 heterocycles. The average Bonchev–Trinajstić information content (AvgIpc) is 2.43. The molecule has 120 valence electrons. The van der Waals surface area contributed by atoms with E-state index in [0.717, 1.165) is 23.1 Å². The van der Waals surface area contributed by atoms with Gasteiger partial charge in [0.1, 0.15) is 5.75 Å². The molecule has 0 saturated heterocycles. The van der Waals surface area contributed by atoms with E-state index in [1.807, 2.05) is 13.8 Å². The second kappa shape index (κ2) is 5.19. The molecule has 3 nitrogen and oxygen atoms in total. The second-order valence-electron chi connectivity index (χ2n) is 7.06. The van der Waals surface area contributed by atoms with Gasteiger partial charge in [-0.1, -0.05) is 18.6 Å². The Hall–Kier alpha value is -2.16. The first-order chi connectivity index (χ1) is 10.7. The van der Waals surface area contributed by atoms with Crippen LogP contribution in [0.25, 0.3) is 5.57 Å². The Bertz CT molecular complexity index is 805. The predicted molar refractivity (Wildman–Crippen MR) is 90.7 cm³/mol. The minimum absolute atomic E-state index is 0.111. The second-order valence-corrected chi connectivity index (χ2v) is 7.06. The number of hydrogen-bond donors (Lipinski definition) is 1. The Labute approximate surface area is 136 Å². The fourth-order valence-electron chi connectivity index (χ4n) is 4.11. The van der Waals surface area contributed by atoms with Crippen LogP contribution >= 0.6 is 0 Å². The maximum absolute atomic E-state index is 12.6. The lowest BCUT2D eigenvalue weighted by Crippen LogP contribution is -2.30. The van der Waals surface area contributed by atoms with Gasteiger partial charge in [-0.15, -0.1) is 0 Å². The van der Waals surface area contributed by atoms with Gasteiger partial charge in [0, 0.05) is 22.6 Å². The van der Waals surface area contributed by atoms with E-state index in [1.54, 1.807) is 19.9 Å². The first-order valence-corrected chi connectivity index (χ1v) is 8.05. The van der Waals surface area contributed by atoms with Crippen molar-refractivity contribution in [3.8, 4) is 5.75 Å². The van der Waals surface area contributed by atoms with Crippen LogP contribution < -0.4 is 0 Å². The summed E-state index contributed by atoms with van der Waals surface area (Å²) in [6.07, 6.45) is 3.01. The molecule has 0 amide bonds. The SMILES string of the molecule is CC(C)=C[C@H]1C[C@@H](C)c2c(O)cc(C)c3c2C1=C(C)C(=O)C3=O. The molecule has 23 heavy (non-hydrogen) atoms. The average molecular weight is 310 g/mol. The van der Waals surface area contributed by atoms with Crippen molar-refractivity contribution in [2.45, 2.75) is 47.0 Å². The van der Waals surface area contributed by atoms with Gasteiger partial charge >= 0.3 is 0 Å². The monoisotopic (exact) mass is 310 g/mol. The van der Waals surface area contributed by atoms with E-state index in [-0.39, 0.29) is 17.6 Å². The van der Waals surface area contributed by atoms with E-state index in [2.05, 4.69) is 13.0 Å². The molecule has 0 aliphatic heterocycles. The molecule has 3 rings (SSSR count). The van der Waals surface area contributed by atoms with Gasteiger partial charge in [0.05, 0.1) is 0 Å². The Morgan fingerprint density at radius 3 is 2.43 bits per heavy atom. The van der Waals surface area contributed by atoms with Crippen LogP contribution in [-0.4, -0.2) is 16.7 Å². The highest BCUT2D eigenvalue weighted by molar-refractivity contribution is 6.52. The Balaban J connectivity index is 2.44. The number of allylic oxidation sites excluding steroid dienone is 4. The summed E-state index contributed by atoms with van der Waals surface area (Å²) in [7, 11) is 0. The number of hydrogen-bond acceptors (Lipinski definition) is 3. The highest BCUT2D eigenvalue weighted by Gasteiger charge is 2.41. The molecule has 0 radical (unpaired) electrons. The topological polar surface area (TPSA) is 54.4 Å². The number of phenols is 1. The minimum atomic E-state index is -0.440. The summed E-state index contributed by atoms with van der Waals surface area (Å²) in [4.78, 5) is 25.0. The van der Waals surface area contributed by atoms with Crippen LogP contribution in [0.5, 0.6) is 5.75 Å². The largest absolute Gasteiger partial charge is 0.508 e. The molecular formula is C20H22O3. The minimum Gasteiger partial charge on any atom is -0.508 e. The van der Waals surface area contributed by atoms with E-state index < -0.39 is 11.6 Å². The standard InChI is InChI=1S/C20H22O3/c1-9(2)6-13-7-10(3)15-14(21)8-11(4)16-18(15)17(13)12(5)19(22)20(16)23/h6,8,10,13,21H,7H2,1-5H3/t10-,13+/m1/s1. The van der Waals surface area contributed by atoms with Gasteiger partial charge in [0.2, 0.25) is 11.6 Å². The molecule has 0 aromatic heterocycles. The quantitative estimate of drug-likeness (QED) is 0.620. The molecule has 0 fully saturated rings. The molecule has 0 spiro atoms. The van der Waals surface area contributed by atoms with Crippen LogP contribution in [0.2, 0.25) is 0 Å². The molecule has 1 N–H and O–H groups in total. The van der Waals surface area contributed by atoms with Crippen molar-refractivity contribution >= 4 is 17.1 Å². The lowest BCUT2D eigenvalue weighted by atomic mass is 9.66. The highest BCUT2D eigenvalue weighted by atomic mass is 16.3. The van der Waals surface area contributed by atoms with Crippen LogP contribution in [0, 0.1) is 12.8 Å². The summed E-state index contributed by atoms with van der Waals surface area (Å²) < 4.78 is 0. The number of aromatic hydroxyl groups is 1. The van der Waals surface area contributed by atoms with Crippen molar-refractivity contribution in [1.82, 2.24) is 0 Å². The summed E-state index contributed by atoms with van der Waals surface area (Å²) >= 11 is 0. The summed E-state index contributed by atoms with van der Waals surface area (Å²) in [6, 6.07) is 1.62. The molecule has 0 bridgehead atoms. The summed E-state index contributed by atoms with van der Waals surface area (Å²) in [6.45, 7) is 9.68. The normalized spacial score (nSPS) is 23.0. The molecule has 0 saturated carbocycles. The van der Waals surface area contributed by atoms with E-state index in [4.69, 9.17) is 0 Å². The van der Waals surface area contributed by atoms with Gasteiger partial charge in [-0.05, 0) is 62.8 Å². The van der Waals surface area contributed by atoms with Crippen LogP contribution in [-0.2, 0) is 4.79 Å². The predicted octanol–water partition coefficient (Wildman–Crippen LogP) is 4.33. The van der Waals surface area contributed by atoms with E-state index >= 15 is 0 Å². The van der Waals surface area contributed by atoms with Crippen LogP contribution in [0.3, 0.4) is 0 Å². The number of phenolic OH excluding ortho intramolecular Hbond substituents is 1. The van der Waals surface area contributed by atoms with E-state index in [9.17, 15) is 14.7 Å². The Kier molecular flexibility index (Phi) is 3.55. The molecule has 0 unspecified atom stereocenters. The summed E-state index contributed by atoms with van der Waals surface area (Å²) in [5.74, 6) is -0.363. The lowest BCUT2D eigenvalue weighted by Gasteiger charge is -2.36. The summed E-state index contributed by atoms with van der Waals surface area (Å²) in [5.41, 5.74) is 5.44. The maximum Gasteiger partial charge on any atom is 0.234 e. The van der Waals surface area contributed by atoms with Crippen molar-refractivity contribution in [3.05, 3.63) is 45.5 Å². The number of aryl methyl sites for hydroxylation is 1. The zero-order chi connectivity index (χ0) is 17.0. The zero-order valence-electron chi connectivity index (χ0n) is 14.3. The van der Waals surface area contributed by atoms with Crippen molar-refractivity contribution in [3.63, 3.8) is 0 Å². The molecule has 2 aliphatic rings. The van der Waals surface area contributed by atoms with Gasteiger partial charge in [-0.25, -0.2) is 0 Å².